The normalized spacial score (nSPS) is 10.8. The zero-order chi connectivity index (χ0) is 13.4. The van der Waals surface area contributed by atoms with Crippen LogP contribution in [0.5, 0.6) is 0 Å². The van der Waals surface area contributed by atoms with Gasteiger partial charge >= 0.3 is 0 Å². The molecule has 2 heterocycles. The number of nitrogen functional groups attached to an aromatic ring is 1. The number of hydrogen-bond acceptors (Lipinski definition) is 4. The van der Waals surface area contributed by atoms with Gasteiger partial charge in [0, 0.05) is 31.5 Å². The number of nitrogens with zero attached hydrogens (tertiary/aromatic N) is 3. The maximum absolute atomic E-state index is 5.97. The lowest BCUT2D eigenvalue weighted by Gasteiger charge is -2.12. The molecule has 2 aromatic heterocycles. The summed E-state index contributed by atoms with van der Waals surface area (Å²) in [7, 11) is 4.03. The Labute approximate surface area is 111 Å². The Morgan fingerprint density at radius 3 is 2.53 bits per heavy atom. The van der Waals surface area contributed by atoms with E-state index < -0.39 is 0 Å². The maximum atomic E-state index is 5.97. The van der Waals surface area contributed by atoms with Crippen LogP contribution in [0.1, 0.15) is 0 Å². The molecule has 5 nitrogen and oxygen atoms in total. The molecule has 3 rings (SSSR count). The first-order valence-corrected chi connectivity index (χ1v) is 6.02. The van der Waals surface area contributed by atoms with E-state index in [4.69, 9.17) is 5.73 Å². The van der Waals surface area contributed by atoms with E-state index in [0.717, 1.165) is 28.0 Å². The third-order valence-electron chi connectivity index (χ3n) is 3.16. The first-order chi connectivity index (χ1) is 9.16. The molecule has 0 bridgehead atoms. The highest BCUT2D eigenvalue weighted by molar-refractivity contribution is 5.99. The van der Waals surface area contributed by atoms with Crippen LogP contribution < -0.4 is 10.6 Å². The minimum absolute atomic E-state index is 0.669. The highest BCUT2D eigenvalue weighted by Crippen LogP contribution is 2.30. The molecule has 96 valence electrons. The average Bonchev–Trinajstić information content (AvgIpc) is 2.81. The number of aromatic nitrogens is 3. The summed E-state index contributed by atoms with van der Waals surface area (Å²) in [5.74, 6) is 0. The summed E-state index contributed by atoms with van der Waals surface area (Å²) in [6.07, 6.45) is 3.30. The summed E-state index contributed by atoms with van der Waals surface area (Å²) < 4.78 is 0. The summed E-state index contributed by atoms with van der Waals surface area (Å²) in [4.78, 5) is 13.6. The molecule has 0 saturated heterocycles. The number of fused-ring (bicyclic) bond motifs is 1. The third kappa shape index (κ3) is 1.89. The van der Waals surface area contributed by atoms with Crippen LogP contribution in [-0.2, 0) is 0 Å². The Balaban J connectivity index is 2.16. The molecule has 1 aromatic carbocycles. The second kappa shape index (κ2) is 4.28. The van der Waals surface area contributed by atoms with Crippen molar-refractivity contribution >= 4 is 22.4 Å². The van der Waals surface area contributed by atoms with E-state index in [2.05, 4.69) is 32.0 Å². The minimum Gasteiger partial charge on any atom is -0.397 e. The van der Waals surface area contributed by atoms with Crippen molar-refractivity contribution in [3.05, 3.63) is 36.8 Å². The first kappa shape index (κ1) is 11.5. The lowest BCUT2D eigenvalue weighted by atomic mass is 10.1. The van der Waals surface area contributed by atoms with Crippen molar-refractivity contribution in [3.63, 3.8) is 0 Å². The molecule has 0 aliphatic rings. The number of rotatable bonds is 2. The van der Waals surface area contributed by atoms with Gasteiger partial charge in [-0.2, -0.15) is 0 Å². The van der Waals surface area contributed by atoms with Crippen molar-refractivity contribution in [1.82, 2.24) is 15.0 Å². The maximum Gasteiger partial charge on any atom is 0.143 e. The third-order valence-corrected chi connectivity index (χ3v) is 3.16. The number of hydrogen-bond donors (Lipinski definition) is 2. The highest BCUT2D eigenvalue weighted by atomic mass is 15.1. The van der Waals surface area contributed by atoms with Crippen molar-refractivity contribution in [2.24, 2.45) is 0 Å². The molecule has 0 unspecified atom stereocenters. The van der Waals surface area contributed by atoms with Gasteiger partial charge < -0.3 is 15.6 Å². The molecule has 0 radical (unpaired) electrons. The van der Waals surface area contributed by atoms with E-state index >= 15 is 0 Å². The molecular formula is C14H15N5. The first-order valence-electron chi connectivity index (χ1n) is 6.02. The van der Waals surface area contributed by atoms with Gasteiger partial charge in [-0.3, -0.25) is 0 Å². The second-order valence-electron chi connectivity index (χ2n) is 4.63. The van der Waals surface area contributed by atoms with Gasteiger partial charge in [-0.25, -0.2) is 9.97 Å². The van der Waals surface area contributed by atoms with Crippen molar-refractivity contribution < 1.29 is 0 Å². The van der Waals surface area contributed by atoms with Crippen molar-refractivity contribution in [1.29, 1.82) is 0 Å². The summed E-state index contributed by atoms with van der Waals surface area (Å²) in [5.41, 5.74) is 10.4. The van der Waals surface area contributed by atoms with E-state index in [9.17, 15) is 0 Å². The standard InChI is InChI=1S/C14H15N5/c1-19(2)10-5-3-9(4-6-10)13-12-11(15)7-16-14(12)18-8-17-13/h3-8H,15H2,1-2H3,(H,16,17,18). The van der Waals surface area contributed by atoms with E-state index in [1.807, 2.05) is 26.2 Å². The quantitative estimate of drug-likeness (QED) is 0.735. The molecule has 0 saturated carbocycles. The van der Waals surface area contributed by atoms with Crippen LogP contribution in [-0.4, -0.2) is 29.0 Å². The Bertz CT molecular complexity index is 712. The number of aromatic amines is 1. The highest BCUT2D eigenvalue weighted by Gasteiger charge is 2.10. The van der Waals surface area contributed by atoms with Crippen molar-refractivity contribution in [2.45, 2.75) is 0 Å². The fourth-order valence-corrected chi connectivity index (χ4v) is 2.12. The van der Waals surface area contributed by atoms with Gasteiger partial charge in [0.1, 0.15) is 12.0 Å². The Kier molecular flexibility index (Phi) is 2.59. The molecule has 3 aromatic rings. The lowest BCUT2D eigenvalue weighted by molar-refractivity contribution is 1.13. The monoisotopic (exact) mass is 253 g/mol. The molecule has 0 fully saturated rings. The SMILES string of the molecule is CN(C)c1ccc(-c2ncnc3[nH]cc(N)c23)cc1. The zero-order valence-corrected chi connectivity index (χ0v) is 10.9. The summed E-state index contributed by atoms with van der Waals surface area (Å²) >= 11 is 0. The van der Waals surface area contributed by atoms with Gasteiger partial charge in [0.2, 0.25) is 0 Å². The molecular weight excluding hydrogens is 238 g/mol. The van der Waals surface area contributed by atoms with Crippen LogP contribution in [0.25, 0.3) is 22.3 Å². The topological polar surface area (TPSA) is 70.8 Å². The molecule has 0 amide bonds. The Hall–Kier alpha value is -2.56. The summed E-state index contributed by atoms with van der Waals surface area (Å²) in [5, 5.41) is 0.875. The van der Waals surface area contributed by atoms with Gasteiger partial charge in [-0.1, -0.05) is 12.1 Å². The smallest absolute Gasteiger partial charge is 0.143 e. The number of anilines is 2. The molecule has 0 spiro atoms. The number of nitrogens with one attached hydrogen (secondary N) is 1. The largest absolute Gasteiger partial charge is 0.397 e. The van der Waals surface area contributed by atoms with Crippen LogP contribution in [0.15, 0.2) is 36.8 Å². The molecule has 0 aliphatic heterocycles. The van der Waals surface area contributed by atoms with Crippen LogP contribution in [0.3, 0.4) is 0 Å². The number of nitrogens with two attached hydrogens (primary N) is 1. The predicted octanol–water partition coefficient (Wildman–Crippen LogP) is 2.27. The van der Waals surface area contributed by atoms with Crippen molar-refractivity contribution in [2.75, 3.05) is 24.7 Å². The fourth-order valence-electron chi connectivity index (χ4n) is 2.12. The van der Waals surface area contributed by atoms with Gasteiger partial charge in [0.05, 0.1) is 16.8 Å². The molecule has 0 atom stereocenters. The average molecular weight is 253 g/mol. The molecule has 3 N–H and O–H groups in total. The van der Waals surface area contributed by atoms with Crippen LogP contribution in [0.4, 0.5) is 11.4 Å². The van der Waals surface area contributed by atoms with Gasteiger partial charge in [-0.15, -0.1) is 0 Å². The zero-order valence-electron chi connectivity index (χ0n) is 10.9. The van der Waals surface area contributed by atoms with E-state index in [1.165, 1.54) is 0 Å². The molecule has 19 heavy (non-hydrogen) atoms. The summed E-state index contributed by atoms with van der Waals surface area (Å²) in [6, 6.07) is 8.21. The second-order valence-corrected chi connectivity index (χ2v) is 4.63. The number of benzene rings is 1. The van der Waals surface area contributed by atoms with E-state index in [0.29, 0.717) is 5.69 Å². The minimum atomic E-state index is 0.669. The van der Waals surface area contributed by atoms with Crippen LogP contribution in [0, 0.1) is 0 Å². The van der Waals surface area contributed by atoms with E-state index in [-0.39, 0.29) is 0 Å². The van der Waals surface area contributed by atoms with Gasteiger partial charge in [-0.05, 0) is 12.1 Å². The Morgan fingerprint density at radius 1 is 1.11 bits per heavy atom. The lowest BCUT2D eigenvalue weighted by Crippen LogP contribution is -2.07. The fraction of sp³-hybridized carbons (Fsp3) is 0.143. The van der Waals surface area contributed by atoms with Crippen LogP contribution in [0.2, 0.25) is 0 Å². The van der Waals surface area contributed by atoms with E-state index in [1.54, 1.807) is 12.5 Å². The Morgan fingerprint density at radius 2 is 1.84 bits per heavy atom. The van der Waals surface area contributed by atoms with Crippen LogP contribution >= 0.6 is 0 Å². The molecule has 5 heteroatoms. The predicted molar refractivity (Wildman–Crippen MR) is 78.1 cm³/mol. The van der Waals surface area contributed by atoms with Gasteiger partial charge in [0.15, 0.2) is 0 Å². The van der Waals surface area contributed by atoms with Crippen molar-refractivity contribution in [3.8, 4) is 11.3 Å². The van der Waals surface area contributed by atoms with Gasteiger partial charge in [0.25, 0.3) is 0 Å². The number of H-pyrrole nitrogens is 1. The summed E-state index contributed by atoms with van der Waals surface area (Å²) in [6.45, 7) is 0. The molecule has 0 aliphatic carbocycles.